The average molecular weight is 379 g/mol. The molecule has 3 aromatic carbocycles. The maximum atomic E-state index is 13.4. The topological polar surface area (TPSA) is 66.4 Å². The van der Waals surface area contributed by atoms with Crippen molar-refractivity contribution in [2.45, 2.75) is 12.0 Å². The lowest BCUT2D eigenvalue weighted by atomic mass is 9.89. The van der Waals surface area contributed by atoms with E-state index in [4.69, 9.17) is 0 Å². The van der Waals surface area contributed by atoms with Crippen LogP contribution in [0, 0.1) is 11.6 Å². The van der Waals surface area contributed by atoms with Crippen LogP contribution in [-0.2, 0) is 4.79 Å². The fourth-order valence-electron chi connectivity index (χ4n) is 3.75. The van der Waals surface area contributed by atoms with Crippen molar-refractivity contribution in [1.82, 2.24) is 5.32 Å². The summed E-state index contributed by atoms with van der Waals surface area (Å²) in [5.74, 6) is -4.52. The summed E-state index contributed by atoms with van der Waals surface area (Å²) >= 11 is 0. The molecule has 3 aromatic rings. The number of hydrogen-bond acceptors (Lipinski definition) is 2. The first-order chi connectivity index (χ1) is 13.5. The van der Waals surface area contributed by atoms with Crippen LogP contribution in [-0.4, -0.2) is 23.0 Å². The van der Waals surface area contributed by atoms with Crippen molar-refractivity contribution >= 4 is 11.9 Å². The summed E-state index contributed by atoms with van der Waals surface area (Å²) in [6.07, 6.45) is 0. The molecule has 0 spiro atoms. The highest BCUT2D eigenvalue weighted by atomic mass is 19.1. The summed E-state index contributed by atoms with van der Waals surface area (Å²) in [6.45, 7) is 0. The minimum Gasteiger partial charge on any atom is -0.480 e. The van der Waals surface area contributed by atoms with Crippen LogP contribution < -0.4 is 5.32 Å². The highest BCUT2D eigenvalue weighted by molar-refractivity contribution is 5.97. The molecule has 0 aliphatic heterocycles. The van der Waals surface area contributed by atoms with Crippen LogP contribution in [0.15, 0.2) is 66.7 Å². The van der Waals surface area contributed by atoms with E-state index in [1.165, 1.54) is 0 Å². The predicted octanol–water partition coefficient (Wildman–Crippen LogP) is 3.96. The number of carbonyl (C=O) groups excluding carboxylic acids is 1. The lowest BCUT2D eigenvalue weighted by Gasteiger charge is -2.23. The van der Waals surface area contributed by atoms with Crippen molar-refractivity contribution in [1.29, 1.82) is 0 Å². The number of halogens is 2. The van der Waals surface area contributed by atoms with Crippen molar-refractivity contribution in [3.63, 3.8) is 0 Å². The number of rotatable bonds is 4. The van der Waals surface area contributed by atoms with E-state index in [-0.39, 0.29) is 5.56 Å². The Balaban J connectivity index is 1.75. The molecular weight excluding hydrogens is 364 g/mol. The fourth-order valence-corrected chi connectivity index (χ4v) is 3.75. The van der Waals surface area contributed by atoms with Gasteiger partial charge in [0, 0.05) is 17.5 Å². The summed E-state index contributed by atoms with van der Waals surface area (Å²) in [4.78, 5) is 24.6. The number of benzene rings is 3. The number of carboxylic acid groups (broad SMARTS) is 1. The smallest absolute Gasteiger partial charge is 0.327 e. The van der Waals surface area contributed by atoms with Gasteiger partial charge in [0.2, 0.25) is 0 Å². The molecule has 28 heavy (non-hydrogen) atoms. The third-order valence-corrected chi connectivity index (χ3v) is 4.89. The Morgan fingerprint density at radius 2 is 1.36 bits per heavy atom. The highest BCUT2D eigenvalue weighted by Crippen LogP contribution is 2.46. The lowest BCUT2D eigenvalue weighted by molar-refractivity contribution is -0.139. The minimum atomic E-state index is -1.30. The molecule has 1 aliphatic carbocycles. The Morgan fingerprint density at radius 1 is 0.857 bits per heavy atom. The molecule has 0 unspecified atom stereocenters. The number of nitrogens with one attached hydrogen (secondary N) is 1. The largest absolute Gasteiger partial charge is 0.480 e. The molecule has 140 valence electrons. The van der Waals surface area contributed by atoms with E-state index < -0.39 is 35.5 Å². The van der Waals surface area contributed by atoms with E-state index in [1.807, 2.05) is 36.4 Å². The van der Waals surface area contributed by atoms with Crippen molar-refractivity contribution in [2.24, 2.45) is 0 Å². The van der Waals surface area contributed by atoms with E-state index in [9.17, 15) is 23.5 Å². The van der Waals surface area contributed by atoms with E-state index in [0.29, 0.717) is 6.07 Å². The third-order valence-electron chi connectivity index (χ3n) is 4.89. The van der Waals surface area contributed by atoms with E-state index in [1.54, 1.807) is 12.1 Å². The summed E-state index contributed by atoms with van der Waals surface area (Å²) in [7, 11) is 0. The number of hydrogen-bond donors (Lipinski definition) is 2. The van der Waals surface area contributed by atoms with Gasteiger partial charge in [-0.05, 0) is 34.4 Å². The van der Waals surface area contributed by atoms with Gasteiger partial charge < -0.3 is 10.4 Å². The van der Waals surface area contributed by atoms with Crippen molar-refractivity contribution < 1.29 is 23.5 Å². The van der Waals surface area contributed by atoms with Gasteiger partial charge in [0.05, 0.1) is 0 Å². The maximum absolute atomic E-state index is 13.4. The Bertz CT molecular complexity index is 1030. The molecule has 2 N–H and O–H groups in total. The first-order valence-corrected chi connectivity index (χ1v) is 8.63. The summed E-state index contributed by atoms with van der Waals surface area (Å²) in [5.41, 5.74) is 3.09. The second-order valence-corrected chi connectivity index (χ2v) is 6.60. The SMILES string of the molecule is O=C(N[C@H](C(=O)O)C1c2ccccc2-c2ccccc21)c1cc(F)cc(F)c1. The Labute approximate surface area is 159 Å². The van der Waals surface area contributed by atoms with Gasteiger partial charge in [-0.3, -0.25) is 4.79 Å². The molecule has 4 rings (SSSR count). The second kappa shape index (κ2) is 6.88. The molecule has 0 bridgehead atoms. The van der Waals surface area contributed by atoms with Crippen LogP contribution in [0.25, 0.3) is 11.1 Å². The molecule has 0 saturated carbocycles. The molecule has 1 aliphatic rings. The molecule has 0 radical (unpaired) electrons. The Kier molecular flexibility index (Phi) is 4.39. The quantitative estimate of drug-likeness (QED) is 0.721. The zero-order chi connectivity index (χ0) is 19.8. The average Bonchev–Trinajstić information content (AvgIpc) is 2.99. The molecule has 0 aromatic heterocycles. The van der Waals surface area contributed by atoms with Gasteiger partial charge in [-0.1, -0.05) is 48.5 Å². The fraction of sp³-hybridized carbons (Fsp3) is 0.0909. The van der Waals surface area contributed by atoms with E-state index in [2.05, 4.69) is 5.32 Å². The standard InChI is InChI=1S/C22H15F2NO3/c23-13-9-12(10-14(24)11-13)21(26)25-20(22(27)28)19-17-7-3-1-5-15(17)16-6-2-4-8-18(16)19/h1-11,19-20H,(H,25,26)(H,27,28)/t20-/m0/s1. The molecule has 6 heteroatoms. The van der Waals surface area contributed by atoms with Crippen LogP contribution in [0.2, 0.25) is 0 Å². The van der Waals surface area contributed by atoms with Gasteiger partial charge in [-0.2, -0.15) is 0 Å². The van der Waals surface area contributed by atoms with Crippen molar-refractivity contribution in [3.8, 4) is 11.1 Å². The van der Waals surface area contributed by atoms with Gasteiger partial charge in [0.25, 0.3) is 5.91 Å². The first-order valence-electron chi connectivity index (χ1n) is 8.63. The number of amides is 1. The van der Waals surface area contributed by atoms with Gasteiger partial charge in [0.15, 0.2) is 0 Å². The molecule has 0 saturated heterocycles. The Hall–Kier alpha value is -3.54. The molecule has 0 heterocycles. The van der Waals surface area contributed by atoms with Crippen LogP contribution in [0.1, 0.15) is 27.4 Å². The Morgan fingerprint density at radius 3 is 1.86 bits per heavy atom. The lowest BCUT2D eigenvalue weighted by Crippen LogP contribution is -2.45. The molecule has 1 amide bonds. The summed E-state index contributed by atoms with van der Waals surface area (Å²) in [5, 5.41) is 12.3. The molecule has 1 atom stereocenters. The van der Waals surface area contributed by atoms with Crippen molar-refractivity contribution in [3.05, 3.63) is 95.1 Å². The van der Waals surface area contributed by atoms with Crippen LogP contribution >= 0.6 is 0 Å². The highest BCUT2D eigenvalue weighted by Gasteiger charge is 2.39. The predicted molar refractivity (Wildman–Crippen MR) is 99.0 cm³/mol. The summed E-state index contributed by atoms with van der Waals surface area (Å²) < 4.78 is 26.9. The monoisotopic (exact) mass is 379 g/mol. The normalized spacial score (nSPS) is 13.5. The second-order valence-electron chi connectivity index (χ2n) is 6.60. The number of aliphatic carboxylic acids is 1. The van der Waals surface area contributed by atoms with Crippen LogP contribution in [0.4, 0.5) is 8.78 Å². The van der Waals surface area contributed by atoms with Gasteiger partial charge in [-0.15, -0.1) is 0 Å². The van der Waals surface area contributed by atoms with Gasteiger partial charge >= 0.3 is 5.97 Å². The van der Waals surface area contributed by atoms with Crippen molar-refractivity contribution in [2.75, 3.05) is 0 Å². The zero-order valence-corrected chi connectivity index (χ0v) is 14.5. The minimum absolute atomic E-state index is 0.275. The number of carbonyl (C=O) groups is 2. The molecular formula is C22H15F2NO3. The van der Waals surface area contributed by atoms with Crippen LogP contribution in [0.3, 0.4) is 0 Å². The van der Waals surface area contributed by atoms with Gasteiger partial charge in [-0.25, -0.2) is 13.6 Å². The number of carboxylic acids is 1. The maximum Gasteiger partial charge on any atom is 0.327 e. The third kappa shape index (κ3) is 3.03. The molecule has 0 fully saturated rings. The number of fused-ring (bicyclic) bond motifs is 3. The van der Waals surface area contributed by atoms with E-state index >= 15 is 0 Å². The summed E-state index contributed by atoms with van der Waals surface area (Å²) in [6, 6.07) is 15.9. The van der Waals surface area contributed by atoms with Crippen LogP contribution in [0.5, 0.6) is 0 Å². The molecule has 4 nitrogen and oxygen atoms in total. The van der Waals surface area contributed by atoms with Gasteiger partial charge in [0.1, 0.15) is 17.7 Å². The van der Waals surface area contributed by atoms with E-state index in [0.717, 1.165) is 34.4 Å². The zero-order valence-electron chi connectivity index (χ0n) is 14.5. The first kappa shape index (κ1) is 17.9.